The van der Waals surface area contributed by atoms with E-state index in [-0.39, 0.29) is 11.4 Å². The van der Waals surface area contributed by atoms with Crippen LogP contribution in [0, 0.1) is 0 Å². The van der Waals surface area contributed by atoms with Crippen molar-refractivity contribution in [2.45, 2.75) is 38.4 Å². The average Bonchev–Trinajstić information content (AvgIpc) is 2.73. The van der Waals surface area contributed by atoms with Crippen molar-refractivity contribution in [3.8, 4) is 0 Å². The first kappa shape index (κ1) is 16.7. The molecule has 0 saturated carbocycles. The van der Waals surface area contributed by atoms with Crippen LogP contribution in [0.4, 0.5) is 18.0 Å². The number of rotatable bonds is 1. The second-order valence-electron chi connectivity index (χ2n) is 5.87. The summed E-state index contributed by atoms with van der Waals surface area (Å²) in [4.78, 5) is 12.2. The molecule has 120 valence electrons. The second kappa shape index (κ2) is 5.50. The van der Waals surface area contributed by atoms with Crippen LogP contribution in [-0.2, 0) is 16.8 Å². The maximum atomic E-state index is 12.9. The molecule has 0 unspecified atom stereocenters. The maximum absolute atomic E-state index is 12.9. The van der Waals surface area contributed by atoms with Gasteiger partial charge in [0, 0.05) is 17.5 Å². The molecular formula is C15H15ClF3NO2. The van der Waals surface area contributed by atoms with Crippen LogP contribution in [0.3, 0.4) is 0 Å². The van der Waals surface area contributed by atoms with Gasteiger partial charge in [-0.25, -0.2) is 4.79 Å². The van der Waals surface area contributed by atoms with Crippen molar-refractivity contribution in [2.75, 3.05) is 0 Å². The molecule has 1 aromatic heterocycles. The standard InChI is InChI=1S/C15H15ClF3NO2/c1-14(2,3)22-13(21)20-8-9(7-16)11-5-4-10(6-12(11)20)15(17,18)19/h4-6,8H,7H2,1-3H3. The third kappa shape index (κ3) is 3.38. The van der Waals surface area contributed by atoms with E-state index in [9.17, 15) is 18.0 Å². The smallest absolute Gasteiger partial charge is 0.419 e. The van der Waals surface area contributed by atoms with Crippen LogP contribution in [0.5, 0.6) is 0 Å². The number of halogens is 4. The minimum absolute atomic E-state index is 0.0810. The van der Waals surface area contributed by atoms with Crippen LogP contribution < -0.4 is 0 Å². The van der Waals surface area contributed by atoms with E-state index in [4.69, 9.17) is 16.3 Å². The first-order valence-corrected chi connectivity index (χ1v) is 7.07. The molecule has 0 N–H and O–H groups in total. The number of hydrogen-bond donors (Lipinski definition) is 0. The third-order valence-electron chi connectivity index (χ3n) is 2.95. The van der Waals surface area contributed by atoms with Gasteiger partial charge < -0.3 is 4.74 Å². The van der Waals surface area contributed by atoms with E-state index in [1.54, 1.807) is 20.8 Å². The topological polar surface area (TPSA) is 31.2 Å². The van der Waals surface area contributed by atoms with Crippen molar-refractivity contribution in [1.82, 2.24) is 4.57 Å². The maximum Gasteiger partial charge on any atom is 0.419 e. The van der Waals surface area contributed by atoms with E-state index in [1.807, 2.05) is 0 Å². The molecule has 22 heavy (non-hydrogen) atoms. The van der Waals surface area contributed by atoms with Crippen LogP contribution in [0.2, 0.25) is 0 Å². The Bertz CT molecular complexity index is 714. The number of benzene rings is 1. The van der Waals surface area contributed by atoms with E-state index in [0.717, 1.165) is 16.7 Å². The molecule has 0 aliphatic rings. The first-order chi connectivity index (χ1) is 10.0. The lowest BCUT2D eigenvalue weighted by molar-refractivity contribution is -0.137. The summed E-state index contributed by atoms with van der Waals surface area (Å²) < 4.78 is 44.8. The molecule has 2 rings (SSSR count). The molecule has 1 aromatic carbocycles. The van der Waals surface area contributed by atoms with Crippen LogP contribution in [0.15, 0.2) is 24.4 Å². The normalized spacial score (nSPS) is 12.7. The summed E-state index contributed by atoms with van der Waals surface area (Å²) in [7, 11) is 0. The molecular weight excluding hydrogens is 319 g/mol. The van der Waals surface area contributed by atoms with Crippen molar-refractivity contribution in [2.24, 2.45) is 0 Å². The summed E-state index contributed by atoms with van der Waals surface area (Å²) >= 11 is 5.80. The summed E-state index contributed by atoms with van der Waals surface area (Å²) in [5.74, 6) is 0.0810. The van der Waals surface area contributed by atoms with Gasteiger partial charge in [-0.05, 0) is 38.5 Å². The highest BCUT2D eigenvalue weighted by atomic mass is 35.5. The minimum atomic E-state index is -4.49. The molecule has 0 radical (unpaired) electrons. The summed E-state index contributed by atoms with van der Waals surface area (Å²) in [6.07, 6.45) is -3.82. The van der Waals surface area contributed by atoms with Gasteiger partial charge in [-0.3, -0.25) is 4.57 Å². The second-order valence-corrected chi connectivity index (χ2v) is 6.14. The first-order valence-electron chi connectivity index (χ1n) is 6.53. The van der Waals surface area contributed by atoms with Gasteiger partial charge in [-0.15, -0.1) is 11.6 Å². The number of aromatic nitrogens is 1. The number of carbonyl (C=O) groups is 1. The van der Waals surface area contributed by atoms with Crippen LogP contribution >= 0.6 is 11.6 Å². The van der Waals surface area contributed by atoms with Gasteiger partial charge in [0.05, 0.1) is 11.1 Å². The molecule has 0 spiro atoms. The zero-order valence-corrected chi connectivity index (χ0v) is 13.0. The lowest BCUT2D eigenvalue weighted by Gasteiger charge is -2.20. The molecule has 1 heterocycles. The van der Waals surface area contributed by atoms with Crippen molar-refractivity contribution >= 4 is 28.6 Å². The molecule has 0 aliphatic heterocycles. The zero-order valence-electron chi connectivity index (χ0n) is 12.3. The SMILES string of the molecule is CC(C)(C)OC(=O)n1cc(CCl)c2ccc(C(F)(F)F)cc21. The van der Waals surface area contributed by atoms with Crippen LogP contribution in [-0.4, -0.2) is 16.3 Å². The highest BCUT2D eigenvalue weighted by Crippen LogP contribution is 2.33. The van der Waals surface area contributed by atoms with Gasteiger partial charge in [0.2, 0.25) is 0 Å². The fraction of sp³-hybridized carbons (Fsp3) is 0.400. The number of nitrogens with zero attached hydrogens (tertiary/aromatic N) is 1. The van der Waals surface area contributed by atoms with Crippen molar-refractivity contribution in [3.63, 3.8) is 0 Å². The quantitative estimate of drug-likeness (QED) is 0.673. The highest BCUT2D eigenvalue weighted by molar-refractivity contribution is 6.18. The van der Waals surface area contributed by atoms with Crippen LogP contribution in [0.25, 0.3) is 10.9 Å². The monoisotopic (exact) mass is 333 g/mol. The molecule has 3 nitrogen and oxygen atoms in total. The van der Waals surface area contributed by atoms with Gasteiger partial charge >= 0.3 is 12.3 Å². The largest absolute Gasteiger partial charge is 0.443 e. The molecule has 0 saturated heterocycles. The Hall–Kier alpha value is -1.69. The lowest BCUT2D eigenvalue weighted by atomic mass is 10.1. The third-order valence-corrected chi connectivity index (χ3v) is 3.24. The van der Waals surface area contributed by atoms with Crippen molar-refractivity contribution < 1.29 is 22.7 Å². The van der Waals surface area contributed by atoms with E-state index >= 15 is 0 Å². The van der Waals surface area contributed by atoms with E-state index < -0.39 is 23.4 Å². The molecule has 0 aliphatic carbocycles. The molecule has 0 bridgehead atoms. The lowest BCUT2D eigenvalue weighted by Crippen LogP contribution is -2.26. The Morgan fingerprint density at radius 1 is 1.27 bits per heavy atom. The number of fused-ring (bicyclic) bond motifs is 1. The molecule has 0 fully saturated rings. The van der Waals surface area contributed by atoms with E-state index in [2.05, 4.69) is 0 Å². The molecule has 0 atom stereocenters. The molecule has 0 amide bonds. The summed E-state index contributed by atoms with van der Waals surface area (Å²) in [5.41, 5.74) is -0.892. The van der Waals surface area contributed by atoms with Gasteiger partial charge in [0.15, 0.2) is 0 Å². The Labute approximate surface area is 130 Å². The van der Waals surface area contributed by atoms with Gasteiger partial charge in [0.1, 0.15) is 5.60 Å². The van der Waals surface area contributed by atoms with Gasteiger partial charge in [-0.2, -0.15) is 13.2 Å². The minimum Gasteiger partial charge on any atom is -0.443 e. The predicted octanol–water partition coefficient (Wildman–Crippen LogP) is 5.18. The fourth-order valence-electron chi connectivity index (χ4n) is 2.04. The van der Waals surface area contributed by atoms with Crippen LogP contribution in [0.1, 0.15) is 31.9 Å². The number of alkyl halides is 4. The Balaban J connectivity index is 2.60. The highest BCUT2D eigenvalue weighted by Gasteiger charge is 2.31. The Kier molecular flexibility index (Phi) is 4.17. The summed E-state index contributed by atoms with van der Waals surface area (Å²) in [5, 5.41) is 0.494. The fourth-order valence-corrected chi connectivity index (χ4v) is 2.26. The molecule has 7 heteroatoms. The summed E-state index contributed by atoms with van der Waals surface area (Å²) in [6, 6.07) is 3.21. The molecule has 2 aromatic rings. The Morgan fingerprint density at radius 3 is 2.41 bits per heavy atom. The van der Waals surface area contributed by atoms with E-state index in [1.165, 1.54) is 12.3 Å². The average molecular weight is 334 g/mol. The Morgan fingerprint density at radius 2 is 1.91 bits per heavy atom. The summed E-state index contributed by atoms with van der Waals surface area (Å²) in [6.45, 7) is 5.04. The zero-order chi connectivity index (χ0) is 16.7. The number of ether oxygens (including phenoxy) is 1. The van der Waals surface area contributed by atoms with Gasteiger partial charge in [-0.1, -0.05) is 6.07 Å². The van der Waals surface area contributed by atoms with Crippen molar-refractivity contribution in [1.29, 1.82) is 0 Å². The van der Waals surface area contributed by atoms with E-state index in [0.29, 0.717) is 10.9 Å². The number of carbonyl (C=O) groups excluding carboxylic acids is 1. The van der Waals surface area contributed by atoms with Crippen molar-refractivity contribution in [3.05, 3.63) is 35.5 Å². The number of hydrogen-bond acceptors (Lipinski definition) is 2. The van der Waals surface area contributed by atoms with Gasteiger partial charge in [0.25, 0.3) is 0 Å². The predicted molar refractivity (Wildman–Crippen MR) is 78.1 cm³/mol.